The Kier molecular flexibility index (Phi) is 4.64. The van der Waals surface area contributed by atoms with Crippen LogP contribution in [0.1, 0.15) is 16.0 Å². The molecule has 0 saturated heterocycles. The van der Waals surface area contributed by atoms with E-state index in [2.05, 4.69) is 112 Å². The number of rotatable bonds is 3. The molecule has 4 aromatic rings. The predicted octanol–water partition coefficient (Wildman–Crippen LogP) is 4.64. The number of benzene rings is 2. The molecule has 0 spiro atoms. The van der Waals surface area contributed by atoms with Crippen molar-refractivity contribution in [3.8, 4) is 9.75 Å². The van der Waals surface area contributed by atoms with Gasteiger partial charge in [-0.3, -0.25) is 0 Å². The Hall–Kier alpha value is -1.73. The molecule has 0 bridgehead atoms. The topological polar surface area (TPSA) is 0 Å². The average Bonchev–Trinajstić information content (AvgIpc) is 3.34. The fraction of sp³-hybridized carbons (Fsp3) is 0.231. The first-order chi connectivity index (χ1) is 14.2. The van der Waals surface area contributed by atoms with Crippen molar-refractivity contribution in [2.45, 2.75) is 40.4 Å². The van der Waals surface area contributed by atoms with Crippen LogP contribution in [0.15, 0.2) is 60.7 Å². The van der Waals surface area contributed by atoms with Crippen LogP contribution in [0.3, 0.4) is 0 Å². The van der Waals surface area contributed by atoms with Gasteiger partial charge >= 0.3 is 0 Å². The van der Waals surface area contributed by atoms with E-state index in [-0.39, 0.29) is 0 Å². The Morgan fingerprint density at radius 2 is 1.10 bits per heavy atom. The van der Waals surface area contributed by atoms with Gasteiger partial charge in [-0.1, -0.05) is 85.4 Å². The smallest absolute Gasteiger partial charge is 0.144 e. The number of hydrogen-bond donors (Lipinski definition) is 0. The van der Waals surface area contributed by atoms with Gasteiger partial charge < -0.3 is 0 Å². The molecular weight excluding hydrogens is 433 g/mol. The van der Waals surface area contributed by atoms with Crippen LogP contribution >= 0.6 is 22.7 Å². The van der Waals surface area contributed by atoms with Crippen molar-refractivity contribution < 1.29 is 0 Å². The summed E-state index contributed by atoms with van der Waals surface area (Å²) >= 11 is 4.09. The average molecular weight is 461 g/mol. The molecule has 0 saturated carbocycles. The van der Waals surface area contributed by atoms with Gasteiger partial charge in [0.05, 0.1) is 8.07 Å². The van der Waals surface area contributed by atoms with Gasteiger partial charge in [-0.25, -0.2) is 0 Å². The molecule has 0 atom stereocenters. The maximum Gasteiger partial charge on any atom is 0.182 e. The lowest BCUT2D eigenvalue weighted by atomic mass is 10.2. The zero-order chi connectivity index (χ0) is 21.3. The number of thiophene rings is 2. The Labute approximate surface area is 190 Å². The van der Waals surface area contributed by atoms with Crippen LogP contribution < -0.4 is 25.2 Å². The molecule has 0 fully saturated rings. The lowest BCUT2D eigenvalue weighted by molar-refractivity contribution is 1.48. The summed E-state index contributed by atoms with van der Waals surface area (Å²) in [6.07, 6.45) is 0. The van der Waals surface area contributed by atoms with E-state index in [4.69, 9.17) is 0 Å². The van der Waals surface area contributed by atoms with Gasteiger partial charge in [0.25, 0.3) is 0 Å². The molecule has 0 aliphatic carbocycles. The predicted molar refractivity (Wildman–Crippen MR) is 142 cm³/mol. The van der Waals surface area contributed by atoms with Crippen molar-refractivity contribution in [1.29, 1.82) is 0 Å². The van der Waals surface area contributed by atoms with Crippen LogP contribution in [-0.2, 0) is 0 Å². The van der Waals surface area contributed by atoms with Gasteiger partial charge in [-0.05, 0) is 52.1 Å². The Morgan fingerprint density at radius 1 is 0.633 bits per heavy atom. The zero-order valence-electron chi connectivity index (χ0n) is 18.6. The highest BCUT2D eigenvalue weighted by atomic mass is 32.1. The highest BCUT2D eigenvalue weighted by molar-refractivity contribution is 7.38. The maximum absolute atomic E-state index is 2.63. The van der Waals surface area contributed by atoms with E-state index < -0.39 is 16.1 Å². The highest BCUT2D eigenvalue weighted by Crippen LogP contribution is 2.37. The summed E-state index contributed by atoms with van der Waals surface area (Å²) in [7, 11) is -3.64. The summed E-state index contributed by atoms with van der Waals surface area (Å²) in [5.41, 5.74) is 2.67. The number of aryl methyl sites for hydroxylation is 3. The first kappa shape index (κ1) is 20.2. The zero-order valence-corrected chi connectivity index (χ0v) is 22.2. The van der Waals surface area contributed by atoms with Crippen LogP contribution in [0.25, 0.3) is 9.75 Å². The van der Waals surface area contributed by atoms with Crippen LogP contribution in [-0.4, -0.2) is 16.1 Å². The third-order valence-electron chi connectivity index (χ3n) is 6.31. The van der Waals surface area contributed by atoms with Gasteiger partial charge in [-0.2, -0.15) is 0 Å². The van der Waals surface area contributed by atoms with Crippen molar-refractivity contribution >= 4 is 64.1 Å². The highest BCUT2D eigenvalue weighted by Gasteiger charge is 2.51. The molecule has 0 N–H and O–H groups in total. The molecule has 0 amide bonds. The minimum atomic E-state index is -2.27. The van der Waals surface area contributed by atoms with Gasteiger partial charge in [0, 0.05) is 14.6 Å². The monoisotopic (exact) mass is 460 g/mol. The molecule has 30 heavy (non-hydrogen) atoms. The molecule has 4 heteroatoms. The molecular formula is C26H28S2Si2. The second-order valence-electron chi connectivity index (χ2n) is 9.69. The van der Waals surface area contributed by atoms with Crippen molar-refractivity contribution in [2.24, 2.45) is 0 Å². The SMILES string of the molecule is Cc1ccc([Si]2(c3ccc(C)cc3)c3cc(C)sc3-c3sc([Si](C)(C)C)cc32)cc1. The van der Waals surface area contributed by atoms with E-state index in [0.29, 0.717) is 0 Å². The summed E-state index contributed by atoms with van der Waals surface area (Å²) in [6.45, 7) is 14.1. The van der Waals surface area contributed by atoms with Crippen LogP contribution in [0.2, 0.25) is 19.6 Å². The Balaban J connectivity index is 1.92. The second kappa shape index (κ2) is 6.89. The maximum atomic E-state index is 2.63. The van der Waals surface area contributed by atoms with Crippen LogP contribution in [0.4, 0.5) is 0 Å². The minimum absolute atomic E-state index is 1.33. The number of hydrogen-bond acceptors (Lipinski definition) is 2. The molecule has 0 unspecified atom stereocenters. The first-order valence-corrected chi connectivity index (χ1v) is 17.7. The summed E-state index contributed by atoms with van der Waals surface area (Å²) in [4.78, 5) is 4.54. The van der Waals surface area contributed by atoms with Gasteiger partial charge in [0.15, 0.2) is 8.07 Å². The van der Waals surface area contributed by atoms with Gasteiger partial charge in [-0.15, -0.1) is 22.7 Å². The van der Waals surface area contributed by atoms with Crippen LogP contribution in [0.5, 0.6) is 0 Å². The lowest BCUT2D eigenvalue weighted by Gasteiger charge is -2.30. The standard InChI is InChI=1S/C26H28S2Si2/c1-17-7-11-20(12-8-17)30(21-13-9-18(2)10-14-21)22-15-19(3)27-25(22)26-23(30)16-24(28-26)29(4,5)6/h7-16H,1-6H3. The van der Waals surface area contributed by atoms with Gasteiger partial charge in [0.2, 0.25) is 0 Å². The molecule has 152 valence electrons. The van der Waals surface area contributed by atoms with Crippen molar-refractivity contribution in [1.82, 2.24) is 0 Å². The Bertz CT molecular complexity index is 1190. The fourth-order valence-electron chi connectivity index (χ4n) is 4.71. The normalized spacial score (nSPS) is 14.6. The van der Waals surface area contributed by atoms with E-state index in [0.717, 1.165) is 0 Å². The van der Waals surface area contributed by atoms with E-state index >= 15 is 0 Å². The molecule has 1 aliphatic heterocycles. The van der Waals surface area contributed by atoms with Gasteiger partial charge in [0.1, 0.15) is 0 Å². The molecule has 3 heterocycles. The third-order valence-corrected chi connectivity index (χ3v) is 17.4. The summed E-state index contributed by atoms with van der Waals surface area (Å²) in [6, 6.07) is 24.0. The molecule has 0 radical (unpaired) electrons. The van der Waals surface area contributed by atoms with Crippen molar-refractivity contribution in [3.05, 3.63) is 76.7 Å². The molecule has 2 aromatic carbocycles. The molecule has 1 aliphatic rings. The fourth-order valence-corrected chi connectivity index (χ4v) is 15.4. The van der Waals surface area contributed by atoms with E-state index in [1.54, 1.807) is 24.6 Å². The third kappa shape index (κ3) is 2.88. The van der Waals surface area contributed by atoms with Crippen molar-refractivity contribution in [3.63, 3.8) is 0 Å². The van der Waals surface area contributed by atoms with Crippen molar-refractivity contribution in [2.75, 3.05) is 0 Å². The minimum Gasteiger partial charge on any atom is -0.144 e. The summed E-state index contributed by atoms with van der Waals surface area (Å²) in [5.74, 6) is 0. The molecule has 0 nitrogen and oxygen atoms in total. The first-order valence-electron chi connectivity index (χ1n) is 10.6. The number of fused-ring (bicyclic) bond motifs is 3. The largest absolute Gasteiger partial charge is 0.182 e. The van der Waals surface area contributed by atoms with E-state index in [1.165, 1.54) is 26.4 Å². The lowest BCUT2D eigenvalue weighted by Crippen LogP contribution is -2.72. The summed E-state index contributed by atoms with van der Waals surface area (Å²) < 4.78 is 1.64. The summed E-state index contributed by atoms with van der Waals surface area (Å²) in [5, 5.41) is 6.30. The van der Waals surface area contributed by atoms with E-state index in [1.807, 2.05) is 11.3 Å². The quantitative estimate of drug-likeness (QED) is 0.344. The van der Waals surface area contributed by atoms with Crippen LogP contribution in [0, 0.1) is 20.8 Å². The Morgan fingerprint density at radius 3 is 1.60 bits per heavy atom. The van der Waals surface area contributed by atoms with E-state index in [9.17, 15) is 0 Å². The second-order valence-corrected chi connectivity index (χ2v) is 21.1. The molecule has 2 aromatic heterocycles. The molecule has 5 rings (SSSR count).